The Kier molecular flexibility index (Phi) is 8.31. The molecule has 1 saturated heterocycles. The highest BCUT2D eigenvalue weighted by atomic mass is 16.5. The van der Waals surface area contributed by atoms with Gasteiger partial charge in [-0.2, -0.15) is 0 Å². The van der Waals surface area contributed by atoms with Crippen molar-refractivity contribution < 1.29 is 4.74 Å². The molecule has 3 heteroatoms. The van der Waals surface area contributed by atoms with E-state index in [0.29, 0.717) is 6.04 Å². The second-order valence-corrected chi connectivity index (χ2v) is 5.23. The number of ether oxygens (including phenoxy) is 1. The summed E-state index contributed by atoms with van der Waals surface area (Å²) in [5.74, 6) is 0.798. The van der Waals surface area contributed by atoms with E-state index >= 15 is 0 Å². The third kappa shape index (κ3) is 5.98. The molecule has 2 atom stereocenters. The van der Waals surface area contributed by atoms with Crippen LogP contribution in [-0.4, -0.2) is 50.3 Å². The Bertz CT molecular complexity index is 221. The Hall–Kier alpha value is -0.380. The fourth-order valence-electron chi connectivity index (χ4n) is 2.58. The van der Waals surface area contributed by atoms with Crippen LogP contribution in [0.3, 0.4) is 0 Å². The first-order chi connectivity index (χ1) is 8.77. The van der Waals surface area contributed by atoms with Crippen molar-refractivity contribution >= 4 is 0 Å². The molecule has 1 aliphatic heterocycles. The van der Waals surface area contributed by atoms with Crippen LogP contribution >= 0.6 is 0 Å². The third-order valence-electron chi connectivity index (χ3n) is 3.88. The minimum atomic E-state index is 0.599. The van der Waals surface area contributed by atoms with E-state index in [0.717, 1.165) is 32.1 Å². The molecule has 1 heterocycles. The summed E-state index contributed by atoms with van der Waals surface area (Å²) in [5.41, 5.74) is 0. The summed E-state index contributed by atoms with van der Waals surface area (Å²) in [6, 6.07) is 0.599. The van der Waals surface area contributed by atoms with Crippen LogP contribution in [0.5, 0.6) is 0 Å². The summed E-state index contributed by atoms with van der Waals surface area (Å²) in [6.45, 7) is 14.5. The van der Waals surface area contributed by atoms with Crippen molar-refractivity contribution in [1.29, 1.82) is 0 Å². The van der Waals surface area contributed by atoms with Gasteiger partial charge in [-0.25, -0.2) is 0 Å². The predicted molar refractivity (Wildman–Crippen MR) is 77.9 cm³/mol. The largest absolute Gasteiger partial charge is 0.380 e. The molecule has 18 heavy (non-hydrogen) atoms. The molecule has 0 aromatic carbocycles. The second kappa shape index (κ2) is 9.54. The molecule has 2 unspecified atom stereocenters. The van der Waals surface area contributed by atoms with Gasteiger partial charge >= 0.3 is 0 Å². The second-order valence-electron chi connectivity index (χ2n) is 5.23. The van der Waals surface area contributed by atoms with Gasteiger partial charge in [0, 0.05) is 19.1 Å². The molecule has 0 radical (unpaired) electrons. The molecular weight excluding hydrogens is 224 g/mol. The van der Waals surface area contributed by atoms with Gasteiger partial charge in [0.2, 0.25) is 0 Å². The van der Waals surface area contributed by atoms with E-state index in [1.807, 2.05) is 6.08 Å². The van der Waals surface area contributed by atoms with Crippen LogP contribution in [0.4, 0.5) is 0 Å². The lowest BCUT2D eigenvalue weighted by atomic mass is 9.91. The molecule has 0 bridgehead atoms. The molecule has 1 aliphatic rings. The van der Waals surface area contributed by atoms with Gasteiger partial charge in [0.15, 0.2) is 0 Å². The summed E-state index contributed by atoms with van der Waals surface area (Å²) in [5, 5.41) is 3.60. The molecule has 0 amide bonds. The van der Waals surface area contributed by atoms with Gasteiger partial charge in [-0.05, 0) is 45.2 Å². The minimum absolute atomic E-state index is 0.599. The van der Waals surface area contributed by atoms with Crippen molar-refractivity contribution in [1.82, 2.24) is 10.2 Å². The summed E-state index contributed by atoms with van der Waals surface area (Å²) in [4.78, 5) is 2.56. The number of piperidine rings is 1. The van der Waals surface area contributed by atoms with Gasteiger partial charge in [0.05, 0.1) is 13.2 Å². The number of rotatable bonds is 9. The molecule has 0 aliphatic carbocycles. The van der Waals surface area contributed by atoms with E-state index in [9.17, 15) is 0 Å². The summed E-state index contributed by atoms with van der Waals surface area (Å²) in [6.07, 6.45) is 5.56. The SMILES string of the molecule is C=CCCOCCNC(C)C1CCCN(CC)C1. The Morgan fingerprint density at radius 2 is 2.33 bits per heavy atom. The average Bonchev–Trinajstić information content (AvgIpc) is 2.42. The molecule has 106 valence electrons. The van der Waals surface area contributed by atoms with E-state index < -0.39 is 0 Å². The Morgan fingerprint density at radius 3 is 3.06 bits per heavy atom. The fourth-order valence-corrected chi connectivity index (χ4v) is 2.58. The standard InChI is InChI=1S/C15H30N2O/c1-4-6-11-18-12-9-16-14(3)15-8-7-10-17(5-2)13-15/h4,14-16H,1,5-13H2,2-3H3. The van der Waals surface area contributed by atoms with E-state index in [2.05, 4.69) is 30.6 Å². The highest BCUT2D eigenvalue weighted by molar-refractivity contribution is 4.79. The van der Waals surface area contributed by atoms with Crippen molar-refractivity contribution in [3.63, 3.8) is 0 Å². The molecule has 0 aromatic rings. The number of nitrogens with one attached hydrogen (secondary N) is 1. The highest BCUT2D eigenvalue weighted by Gasteiger charge is 2.23. The van der Waals surface area contributed by atoms with Gasteiger partial charge in [0.1, 0.15) is 0 Å². The van der Waals surface area contributed by atoms with Crippen molar-refractivity contribution in [3.05, 3.63) is 12.7 Å². The van der Waals surface area contributed by atoms with Crippen LogP contribution in [0, 0.1) is 5.92 Å². The summed E-state index contributed by atoms with van der Waals surface area (Å²) in [7, 11) is 0. The van der Waals surface area contributed by atoms with Gasteiger partial charge < -0.3 is 15.0 Å². The highest BCUT2D eigenvalue weighted by Crippen LogP contribution is 2.19. The molecule has 3 nitrogen and oxygen atoms in total. The maximum atomic E-state index is 5.51. The molecule has 1 rings (SSSR count). The number of hydrogen-bond donors (Lipinski definition) is 1. The minimum Gasteiger partial charge on any atom is -0.380 e. The first-order valence-corrected chi connectivity index (χ1v) is 7.42. The number of hydrogen-bond acceptors (Lipinski definition) is 3. The molecule has 0 aromatic heterocycles. The zero-order valence-corrected chi connectivity index (χ0v) is 12.2. The third-order valence-corrected chi connectivity index (χ3v) is 3.88. The summed E-state index contributed by atoms with van der Waals surface area (Å²) < 4.78 is 5.51. The molecule has 1 N–H and O–H groups in total. The molecule has 0 spiro atoms. The van der Waals surface area contributed by atoms with Crippen molar-refractivity contribution in [3.8, 4) is 0 Å². The normalized spacial score (nSPS) is 22.9. The zero-order chi connectivity index (χ0) is 13.2. The molecule has 1 fully saturated rings. The number of nitrogens with zero attached hydrogens (tertiary/aromatic N) is 1. The van der Waals surface area contributed by atoms with Gasteiger partial charge in [-0.3, -0.25) is 0 Å². The molecule has 0 saturated carbocycles. The Balaban J connectivity index is 2.08. The van der Waals surface area contributed by atoms with Gasteiger partial charge in [0.25, 0.3) is 0 Å². The Labute approximate surface area is 113 Å². The van der Waals surface area contributed by atoms with E-state index in [1.165, 1.54) is 32.5 Å². The predicted octanol–water partition coefficient (Wildman–Crippen LogP) is 2.29. The van der Waals surface area contributed by atoms with Crippen molar-refractivity contribution in [2.75, 3.05) is 39.4 Å². The lowest BCUT2D eigenvalue weighted by molar-refractivity contribution is 0.125. The van der Waals surface area contributed by atoms with E-state index in [-0.39, 0.29) is 0 Å². The van der Waals surface area contributed by atoms with Crippen LogP contribution in [0.2, 0.25) is 0 Å². The first kappa shape index (κ1) is 15.7. The van der Waals surface area contributed by atoms with Gasteiger partial charge in [-0.15, -0.1) is 6.58 Å². The Morgan fingerprint density at radius 1 is 1.50 bits per heavy atom. The number of likely N-dealkylation sites (tertiary alicyclic amines) is 1. The van der Waals surface area contributed by atoms with E-state index in [4.69, 9.17) is 4.74 Å². The lowest BCUT2D eigenvalue weighted by Gasteiger charge is -2.35. The van der Waals surface area contributed by atoms with Crippen LogP contribution in [0.15, 0.2) is 12.7 Å². The summed E-state index contributed by atoms with van der Waals surface area (Å²) >= 11 is 0. The average molecular weight is 254 g/mol. The maximum Gasteiger partial charge on any atom is 0.0591 e. The quantitative estimate of drug-likeness (QED) is 0.505. The van der Waals surface area contributed by atoms with Crippen LogP contribution < -0.4 is 5.32 Å². The van der Waals surface area contributed by atoms with Crippen molar-refractivity contribution in [2.45, 2.75) is 39.2 Å². The smallest absolute Gasteiger partial charge is 0.0591 e. The molecular formula is C15H30N2O. The van der Waals surface area contributed by atoms with Crippen LogP contribution in [0.25, 0.3) is 0 Å². The van der Waals surface area contributed by atoms with Crippen LogP contribution in [0.1, 0.15) is 33.1 Å². The van der Waals surface area contributed by atoms with Gasteiger partial charge in [-0.1, -0.05) is 13.0 Å². The fraction of sp³-hybridized carbons (Fsp3) is 0.867. The monoisotopic (exact) mass is 254 g/mol. The van der Waals surface area contributed by atoms with Crippen molar-refractivity contribution in [2.24, 2.45) is 5.92 Å². The lowest BCUT2D eigenvalue weighted by Crippen LogP contribution is -2.45. The topological polar surface area (TPSA) is 24.5 Å². The zero-order valence-electron chi connectivity index (χ0n) is 12.2. The van der Waals surface area contributed by atoms with Crippen LogP contribution in [-0.2, 0) is 4.74 Å². The van der Waals surface area contributed by atoms with E-state index in [1.54, 1.807) is 0 Å². The maximum absolute atomic E-state index is 5.51. The first-order valence-electron chi connectivity index (χ1n) is 7.42.